The Hall–Kier alpha value is -1.08. The zero-order valence-electron chi connectivity index (χ0n) is 11.7. The van der Waals surface area contributed by atoms with Crippen molar-refractivity contribution < 1.29 is 0 Å². The summed E-state index contributed by atoms with van der Waals surface area (Å²) in [6.07, 6.45) is 10.2. The Balaban J connectivity index is 1.92. The summed E-state index contributed by atoms with van der Waals surface area (Å²) in [5.74, 6) is 0. The van der Waals surface area contributed by atoms with Gasteiger partial charge in [0.25, 0.3) is 0 Å². The van der Waals surface area contributed by atoms with Crippen molar-refractivity contribution in [3.8, 4) is 0 Å². The van der Waals surface area contributed by atoms with Crippen LogP contribution in [-0.2, 0) is 6.42 Å². The van der Waals surface area contributed by atoms with Gasteiger partial charge < -0.3 is 5.32 Å². The second-order valence-corrected chi connectivity index (χ2v) is 5.39. The van der Waals surface area contributed by atoms with Crippen LogP contribution in [0.4, 0.5) is 0 Å². The number of nitrogens with one attached hydrogen (secondary N) is 1. The minimum atomic E-state index is 0.575. The molecule has 2 rings (SSSR count). The van der Waals surface area contributed by atoms with Gasteiger partial charge in [-0.2, -0.15) is 0 Å². The number of allylic oxidation sites excluding steroid dienone is 1. The molecule has 0 aliphatic heterocycles. The Bertz CT molecular complexity index is 406. The number of likely N-dealkylation sites (N-methyl/N-ethyl adjacent to an activating group) is 1. The molecule has 0 aromatic heterocycles. The molecule has 1 heteroatoms. The standard InChI is InChI=1S/C17H25N/c1-14-7-6-8-15(13-14)11-12-17(18-2)16-9-4-3-5-10-16/h6-9,13,17-18H,3-5,10-12H2,1-2H3. The van der Waals surface area contributed by atoms with Gasteiger partial charge in [0.1, 0.15) is 0 Å². The summed E-state index contributed by atoms with van der Waals surface area (Å²) in [5, 5.41) is 3.49. The van der Waals surface area contributed by atoms with Gasteiger partial charge in [-0.15, -0.1) is 0 Å². The van der Waals surface area contributed by atoms with Crippen molar-refractivity contribution in [1.82, 2.24) is 5.32 Å². The normalized spacial score (nSPS) is 17.3. The van der Waals surface area contributed by atoms with Crippen molar-refractivity contribution >= 4 is 0 Å². The van der Waals surface area contributed by atoms with Gasteiger partial charge in [0.2, 0.25) is 0 Å². The molecular formula is C17H25N. The van der Waals surface area contributed by atoms with Gasteiger partial charge in [0.15, 0.2) is 0 Å². The molecule has 1 aliphatic rings. The molecule has 0 amide bonds. The van der Waals surface area contributed by atoms with Gasteiger partial charge >= 0.3 is 0 Å². The van der Waals surface area contributed by atoms with Crippen molar-refractivity contribution in [2.75, 3.05) is 7.05 Å². The number of hydrogen-bond donors (Lipinski definition) is 1. The van der Waals surface area contributed by atoms with Gasteiger partial charge in [-0.05, 0) is 58.1 Å². The van der Waals surface area contributed by atoms with Crippen LogP contribution in [-0.4, -0.2) is 13.1 Å². The molecule has 18 heavy (non-hydrogen) atoms. The van der Waals surface area contributed by atoms with Gasteiger partial charge in [-0.25, -0.2) is 0 Å². The Morgan fingerprint density at radius 1 is 1.28 bits per heavy atom. The Kier molecular flexibility index (Phi) is 5.00. The Morgan fingerprint density at radius 2 is 2.17 bits per heavy atom. The lowest BCUT2D eigenvalue weighted by atomic mass is 9.90. The average molecular weight is 243 g/mol. The molecule has 1 aromatic rings. The third kappa shape index (κ3) is 3.71. The molecule has 0 saturated heterocycles. The van der Waals surface area contributed by atoms with E-state index in [1.165, 1.54) is 49.7 Å². The molecule has 1 N–H and O–H groups in total. The number of rotatable bonds is 5. The summed E-state index contributed by atoms with van der Waals surface area (Å²) in [6, 6.07) is 9.46. The lowest BCUT2D eigenvalue weighted by Crippen LogP contribution is -2.28. The fourth-order valence-corrected chi connectivity index (χ4v) is 2.87. The fourth-order valence-electron chi connectivity index (χ4n) is 2.87. The third-order valence-electron chi connectivity index (χ3n) is 3.93. The molecule has 0 heterocycles. The Morgan fingerprint density at radius 3 is 2.83 bits per heavy atom. The van der Waals surface area contributed by atoms with Crippen LogP contribution in [0.5, 0.6) is 0 Å². The highest BCUT2D eigenvalue weighted by molar-refractivity contribution is 5.23. The molecule has 1 atom stereocenters. The molecule has 0 spiro atoms. The summed E-state index contributed by atoms with van der Waals surface area (Å²) < 4.78 is 0. The molecule has 0 saturated carbocycles. The quantitative estimate of drug-likeness (QED) is 0.770. The lowest BCUT2D eigenvalue weighted by molar-refractivity contribution is 0.540. The zero-order chi connectivity index (χ0) is 12.8. The van der Waals surface area contributed by atoms with Crippen LogP contribution in [0.1, 0.15) is 43.2 Å². The second kappa shape index (κ2) is 6.75. The third-order valence-corrected chi connectivity index (χ3v) is 3.93. The largest absolute Gasteiger partial charge is 0.313 e. The Labute approximate surface area is 111 Å². The zero-order valence-corrected chi connectivity index (χ0v) is 11.7. The van der Waals surface area contributed by atoms with E-state index in [2.05, 4.69) is 49.6 Å². The lowest BCUT2D eigenvalue weighted by Gasteiger charge is -2.23. The van der Waals surface area contributed by atoms with Crippen LogP contribution < -0.4 is 5.32 Å². The summed E-state index contributed by atoms with van der Waals surface area (Å²) in [7, 11) is 2.09. The van der Waals surface area contributed by atoms with Crippen LogP contribution in [0.3, 0.4) is 0 Å². The van der Waals surface area contributed by atoms with E-state index in [1.54, 1.807) is 5.57 Å². The first kappa shape index (κ1) is 13.4. The van der Waals surface area contributed by atoms with Crippen molar-refractivity contribution in [3.05, 3.63) is 47.0 Å². The maximum Gasteiger partial charge on any atom is 0.0279 e. The first-order valence-corrected chi connectivity index (χ1v) is 7.21. The minimum Gasteiger partial charge on any atom is -0.313 e. The maximum absolute atomic E-state index is 3.49. The number of benzene rings is 1. The highest BCUT2D eigenvalue weighted by Crippen LogP contribution is 2.22. The molecule has 98 valence electrons. The summed E-state index contributed by atoms with van der Waals surface area (Å²) in [6.45, 7) is 2.17. The van der Waals surface area contributed by atoms with Gasteiger partial charge in [0, 0.05) is 6.04 Å². The molecule has 1 unspecified atom stereocenters. The van der Waals surface area contributed by atoms with Crippen LogP contribution in [0.15, 0.2) is 35.9 Å². The fraction of sp³-hybridized carbons (Fsp3) is 0.529. The predicted molar refractivity (Wildman–Crippen MR) is 78.9 cm³/mol. The van der Waals surface area contributed by atoms with E-state index in [0.29, 0.717) is 6.04 Å². The molecule has 1 nitrogen and oxygen atoms in total. The molecule has 1 aromatic carbocycles. The molecule has 1 aliphatic carbocycles. The first-order chi connectivity index (χ1) is 8.79. The predicted octanol–water partition coefficient (Wildman–Crippen LogP) is 4.02. The summed E-state index contributed by atoms with van der Waals surface area (Å²) >= 11 is 0. The second-order valence-electron chi connectivity index (χ2n) is 5.39. The van der Waals surface area contributed by atoms with E-state index in [4.69, 9.17) is 0 Å². The molecule has 0 fully saturated rings. The van der Waals surface area contributed by atoms with E-state index in [-0.39, 0.29) is 0 Å². The first-order valence-electron chi connectivity index (χ1n) is 7.21. The summed E-state index contributed by atoms with van der Waals surface area (Å²) in [4.78, 5) is 0. The van der Waals surface area contributed by atoms with Crippen LogP contribution in [0.25, 0.3) is 0 Å². The van der Waals surface area contributed by atoms with Gasteiger partial charge in [-0.3, -0.25) is 0 Å². The van der Waals surface area contributed by atoms with E-state index in [9.17, 15) is 0 Å². The number of aryl methyl sites for hydroxylation is 2. The molecule has 0 bridgehead atoms. The monoisotopic (exact) mass is 243 g/mol. The number of hydrogen-bond acceptors (Lipinski definition) is 1. The van der Waals surface area contributed by atoms with Crippen LogP contribution >= 0.6 is 0 Å². The van der Waals surface area contributed by atoms with E-state index >= 15 is 0 Å². The van der Waals surface area contributed by atoms with E-state index < -0.39 is 0 Å². The smallest absolute Gasteiger partial charge is 0.0279 e. The highest BCUT2D eigenvalue weighted by atomic mass is 14.9. The van der Waals surface area contributed by atoms with E-state index in [1.807, 2.05) is 0 Å². The van der Waals surface area contributed by atoms with Crippen molar-refractivity contribution in [2.45, 2.75) is 51.5 Å². The van der Waals surface area contributed by atoms with Gasteiger partial charge in [-0.1, -0.05) is 41.5 Å². The van der Waals surface area contributed by atoms with Crippen molar-refractivity contribution in [1.29, 1.82) is 0 Å². The minimum absolute atomic E-state index is 0.575. The highest BCUT2D eigenvalue weighted by Gasteiger charge is 2.14. The maximum atomic E-state index is 3.49. The molecule has 0 radical (unpaired) electrons. The average Bonchev–Trinajstić information content (AvgIpc) is 2.41. The van der Waals surface area contributed by atoms with Crippen molar-refractivity contribution in [2.24, 2.45) is 0 Å². The van der Waals surface area contributed by atoms with Crippen molar-refractivity contribution in [3.63, 3.8) is 0 Å². The summed E-state index contributed by atoms with van der Waals surface area (Å²) in [5.41, 5.74) is 4.47. The molecular weight excluding hydrogens is 218 g/mol. The SMILES string of the molecule is CNC(CCc1cccc(C)c1)C1=CCCCC1. The van der Waals surface area contributed by atoms with Gasteiger partial charge in [0.05, 0.1) is 0 Å². The topological polar surface area (TPSA) is 12.0 Å². The van der Waals surface area contributed by atoms with Crippen LogP contribution in [0, 0.1) is 6.92 Å². The van der Waals surface area contributed by atoms with E-state index in [0.717, 1.165) is 0 Å². The van der Waals surface area contributed by atoms with Crippen LogP contribution in [0.2, 0.25) is 0 Å².